The van der Waals surface area contributed by atoms with Gasteiger partial charge in [-0.25, -0.2) is 4.98 Å². The van der Waals surface area contributed by atoms with Crippen molar-refractivity contribution in [2.75, 3.05) is 20.6 Å². The number of aromatic nitrogens is 1. The largest absolute Gasteiger partial charge is 0.344 e. The predicted molar refractivity (Wildman–Crippen MR) is 104 cm³/mol. The van der Waals surface area contributed by atoms with E-state index in [2.05, 4.69) is 43.1 Å². The van der Waals surface area contributed by atoms with Crippen LogP contribution in [-0.4, -0.2) is 53.3 Å². The van der Waals surface area contributed by atoms with E-state index in [1.807, 2.05) is 5.38 Å². The Morgan fingerprint density at radius 1 is 1.31 bits per heavy atom. The van der Waals surface area contributed by atoms with E-state index in [-0.39, 0.29) is 17.9 Å². The van der Waals surface area contributed by atoms with Gasteiger partial charge in [0.15, 0.2) is 0 Å². The Morgan fingerprint density at radius 2 is 2.00 bits per heavy atom. The lowest BCUT2D eigenvalue weighted by atomic mass is 10.0. The molecular weight excluding hydrogens is 346 g/mol. The minimum absolute atomic E-state index is 0.0423. The lowest BCUT2D eigenvalue weighted by Crippen LogP contribution is -2.49. The van der Waals surface area contributed by atoms with E-state index in [4.69, 9.17) is 0 Å². The molecule has 5 nitrogen and oxygen atoms in total. The lowest BCUT2D eigenvalue weighted by molar-refractivity contribution is -0.133. The van der Waals surface area contributed by atoms with Crippen LogP contribution in [0.1, 0.15) is 48.7 Å². The van der Waals surface area contributed by atoms with Crippen LogP contribution in [0.5, 0.6) is 0 Å². The monoisotopic (exact) mass is 371 g/mol. The molecule has 1 aliphatic rings. The molecule has 1 aliphatic heterocycles. The molecule has 1 aromatic carbocycles. The number of piperidine rings is 1. The zero-order valence-electron chi connectivity index (χ0n) is 15.7. The smallest absolute Gasteiger partial charge is 0.273 e. The summed E-state index contributed by atoms with van der Waals surface area (Å²) in [6.07, 6.45) is 1.20. The minimum atomic E-state index is -0.0842. The molecule has 0 N–H and O–H groups in total. The van der Waals surface area contributed by atoms with Gasteiger partial charge >= 0.3 is 0 Å². The third-order valence-electron chi connectivity index (χ3n) is 5.02. The zero-order chi connectivity index (χ0) is 18.8. The minimum Gasteiger partial charge on any atom is -0.344 e. The fraction of sp³-hybridized carbons (Fsp3) is 0.450. The molecule has 26 heavy (non-hydrogen) atoms. The first-order valence-corrected chi connectivity index (χ1v) is 9.81. The Hall–Kier alpha value is -2.21. The molecule has 2 amide bonds. The number of thiazole rings is 1. The second-order valence-corrected chi connectivity index (χ2v) is 8.06. The van der Waals surface area contributed by atoms with Crippen molar-refractivity contribution in [1.29, 1.82) is 0 Å². The summed E-state index contributed by atoms with van der Waals surface area (Å²) in [6, 6.07) is 8.40. The SMILES string of the molecule is CC(C)c1ccc(-c2nc(C(=O)N(C)C3CCC(=O)N(C)C3)cs2)cc1. The van der Waals surface area contributed by atoms with Gasteiger partial charge in [0, 0.05) is 44.0 Å². The van der Waals surface area contributed by atoms with E-state index in [1.54, 1.807) is 23.9 Å². The van der Waals surface area contributed by atoms with Crippen molar-refractivity contribution >= 4 is 23.2 Å². The van der Waals surface area contributed by atoms with E-state index in [0.29, 0.717) is 31.0 Å². The second kappa shape index (κ2) is 7.58. The molecule has 1 fully saturated rings. The summed E-state index contributed by atoms with van der Waals surface area (Å²) < 4.78 is 0. The van der Waals surface area contributed by atoms with Gasteiger partial charge < -0.3 is 9.80 Å². The number of nitrogens with zero attached hydrogens (tertiary/aromatic N) is 3. The normalized spacial score (nSPS) is 17.7. The summed E-state index contributed by atoms with van der Waals surface area (Å²) in [7, 11) is 3.58. The number of carbonyl (C=O) groups is 2. The van der Waals surface area contributed by atoms with Gasteiger partial charge in [0.05, 0.1) is 0 Å². The van der Waals surface area contributed by atoms with Crippen LogP contribution in [0.3, 0.4) is 0 Å². The van der Waals surface area contributed by atoms with Crippen LogP contribution in [0.15, 0.2) is 29.6 Å². The standard InChI is InChI=1S/C20H25N3O2S/c1-13(2)14-5-7-15(8-6-14)19-21-17(12-26-19)20(25)23(4)16-9-10-18(24)22(3)11-16/h5-8,12-13,16H,9-11H2,1-4H3. The van der Waals surface area contributed by atoms with E-state index in [1.165, 1.54) is 16.9 Å². The van der Waals surface area contributed by atoms with Gasteiger partial charge in [-0.3, -0.25) is 9.59 Å². The summed E-state index contributed by atoms with van der Waals surface area (Å²) >= 11 is 1.49. The van der Waals surface area contributed by atoms with Crippen LogP contribution in [0.25, 0.3) is 10.6 Å². The van der Waals surface area contributed by atoms with Crippen LogP contribution in [0.2, 0.25) is 0 Å². The maximum atomic E-state index is 12.8. The molecule has 2 aromatic rings. The van der Waals surface area contributed by atoms with Crippen LogP contribution in [0, 0.1) is 0 Å². The van der Waals surface area contributed by atoms with Gasteiger partial charge in [0.2, 0.25) is 5.91 Å². The maximum absolute atomic E-state index is 12.8. The maximum Gasteiger partial charge on any atom is 0.273 e. The Morgan fingerprint density at radius 3 is 2.62 bits per heavy atom. The quantitative estimate of drug-likeness (QED) is 0.825. The van der Waals surface area contributed by atoms with Gasteiger partial charge in [-0.15, -0.1) is 11.3 Å². The molecule has 1 unspecified atom stereocenters. The van der Waals surface area contributed by atoms with E-state index < -0.39 is 0 Å². The van der Waals surface area contributed by atoms with Crippen LogP contribution < -0.4 is 0 Å². The molecular formula is C20H25N3O2S. The average Bonchev–Trinajstić information content (AvgIpc) is 3.13. The molecule has 1 atom stereocenters. The van der Waals surface area contributed by atoms with Crippen LogP contribution in [0.4, 0.5) is 0 Å². The molecule has 0 bridgehead atoms. The topological polar surface area (TPSA) is 53.5 Å². The summed E-state index contributed by atoms with van der Waals surface area (Å²) in [4.78, 5) is 32.4. The van der Waals surface area contributed by atoms with Crippen molar-refractivity contribution in [2.45, 2.75) is 38.6 Å². The number of likely N-dealkylation sites (tertiary alicyclic amines) is 1. The molecule has 0 radical (unpaired) electrons. The van der Waals surface area contributed by atoms with Crippen molar-refractivity contribution < 1.29 is 9.59 Å². The highest BCUT2D eigenvalue weighted by Crippen LogP contribution is 2.27. The molecule has 2 heterocycles. The van der Waals surface area contributed by atoms with Crippen molar-refractivity contribution in [2.24, 2.45) is 0 Å². The van der Waals surface area contributed by atoms with E-state index in [9.17, 15) is 9.59 Å². The Bertz CT molecular complexity index is 798. The highest BCUT2D eigenvalue weighted by Gasteiger charge is 2.29. The average molecular weight is 372 g/mol. The van der Waals surface area contributed by atoms with Gasteiger partial charge in [-0.05, 0) is 17.9 Å². The third-order valence-corrected chi connectivity index (χ3v) is 5.91. The van der Waals surface area contributed by atoms with E-state index in [0.717, 1.165) is 10.6 Å². The number of hydrogen-bond acceptors (Lipinski definition) is 4. The van der Waals surface area contributed by atoms with Crippen LogP contribution in [-0.2, 0) is 4.79 Å². The fourth-order valence-electron chi connectivity index (χ4n) is 3.17. The first-order valence-electron chi connectivity index (χ1n) is 8.93. The zero-order valence-corrected chi connectivity index (χ0v) is 16.5. The molecule has 1 aromatic heterocycles. The summed E-state index contributed by atoms with van der Waals surface area (Å²) in [5, 5.41) is 2.68. The van der Waals surface area contributed by atoms with Crippen LogP contribution >= 0.6 is 11.3 Å². The first kappa shape index (κ1) is 18.6. The van der Waals surface area contributed by atoms with Gasteiger partial charge in [0.1, 0.15) is 10.7 Å². The Balaban J connectivity index is 1.72. The van der Waals surface area contributed by atoms with E-state index >= 15 is 0 Å². The Kier molecular flexibility index (Phi) is 5.41. The highest BCUT2D eigenvalue weighted by molar-refractivity contribution is 7.13. The number of likely N-dealkylation sites (N-methyl/N-ethyl adjacent to an activating group) is 2. The fourth-order valence-corrected chi connectivity index (χ4v) is 3.97. The second-order valence-electron chi connectivity index (χ2n) is 7.20. The molecule has 0 saturated carbocycles. The van der Waals surface area contributed by atoms with Gasteiger partial charge in [0.25, 0.3) is 5.91 Å². The summed E-state index contributed by atoms with van der Waals surface area (Å²) in [6.45, 7) is 4.91. The number of rotatable bonds is 4. The summed E-state index contributed by atoms with van der Waals surface area (Å²) in [5.74, 6) is 0.550. The number of benzene rings is 1. The van der Waals surface area contributed by atoms with Crippen molar-refractivity contribution in [3.05, 3.63) is 40.9 Å². The van der Waals surface area contributed by atoms with Gasteiger partial charge in [-0.1, -0.05) is 38.1 Å². The molecule has 1 saturated heterocycles. The summed E-state index contributed by atoms with van der Waals surface area (Å²) in [5.41, 5.74) is 2.79. The number of amides is 2. The van der Waals surface area contributed by atoms with Crippen molar-refractivity contribution in [3.63, 3.8) is 0 Å². The number of hydrogen-bond donors (Lipinski definition) is 0. The van der Waals surface area contributed by atoms with Gasteiger partial charge in [-0.2, -0.15) is 0 Å². The third kappa shape index (κ3) is 3.80. The molecule has 0 spiro atoms. The molecule has 138 valence electrons. The molecule has 3 rings (SSSR count). The molecule has 0 aliphatic carbocycles. The first-order chi connectivity index (χ1) is 12.4. The predicted octanol–water partition coefficient (Wildman–Crippen LogP) is 3.63. The van der Waals surface area contributed by atoms with Crippen molar-refractivity contribution in [1.82, 2.24) is 14.8 Å². The lowest BCUT2D eigenvalue weighted by Gasteiger charge is -2.35. The Labute approximate surface area is 158 Å². The molecule has 6 heteroatoms. The van der Waals surface area contributed by atoms with Crippen molar-refractivity contribution in [3.8, 4) is 10.6 Å². The number of carbonyl (C=O) groups excluding carboxylic acids is 2. The highest BCUT2D eigenvalue weighted by atomic mass is 32.1.